The molecule has 2 aromatic heterocycles. The molecular weight excluding hydrogens is 400 g/mol. The molecule has 0 saturated carbocycles. The van der Waals surface area contributed by atoms with Crippen LogP contribution >= 0.6 is 0 Å². The van der Waals surface area contributed by atoms with E-state index in [4.69, 9.17) is 4.74 Å². The molecule has 9 nitrogen and oxygen atoms in total. The molecule has 9 heteroatoms. The van der Waals surface area contributed by atoms with Crippen molar-refractivity contribution in [3.05, 3.63) is 58.2 Å². The Morgan fingerprint density at radius 1 is 1.32 bits per heavy atom. The number of methoxy groups -OCH3 is 1. The average Bonchev–Trinajstić information content (AvgIpc) is 3.18. The summed E-state index contributed by atoms with van der Waals surface area (Å²) in [6.07, 6.45) is 3.17. The summed E-state index contributed by atoms with van der Waals surface area (Å²) in [7, 11) is 5.00. The number of aryl methyl sites for hydroxylation is 1. The van der Waals surface area contributed by atoms with E-state index in [0.29, 0.717) is 35.5 Å². The molecule has 1 amide bonds. The van der Waals surface area contributed by atoms with Crippen molar-refractivity contribution in [2.24, 2.45) is 0 Å². The number of aromatic amines is 1. The van der Waals surface area contributed by atoms with Crippen LogP contribution in [-0.2, 0) is 14.3 Å². The van der Waals surface area contributed by atoms with E-state index in [9.17, 15) is 19.5 Å². The number of hydrogen-bond acceptors (Lipinski definition) is 7. The van der Waals surface area contributed by atoms with Gasteiger partial charge in [-0.2, -0.15) is 0 Å². The lowest BCUT2D eigenvalue weighted by Gasteiger charge is -2.26. The van der Waals surface area contributed by atoms with Crippen molar-refractivity contribution >= 4 is 23.4 Å². The molecule has 0 unspecified atom stereocenters. The molecular formula is C22H26N4O5. The van der Waals surface area contributed by atoms with Gasteiger partial charge in [0.15, 0.2) is 0 Å². The number of nitrogens with zero attached hydrogens (tertiary/aromatic N) is 3. The van der Waals surface area contributed by atoms with Crippen LogP contribution in [0.5, 0.6) is 0 Å². The first-order valence-electron chi connectivity index (χ1n) is 9.79. The van der Waals surface area contributed by atoms with Gasteiger partial charge in [-0.15, -0.1) is 0 Å². The second kappa shape index (κ2) is 8.73. The fraction of sp³-hybridized carbons (Fsp3) is 0.364. The molecule has 0 aliphatic carbocycles. The molecule has 3 heterocycles. The van der Waals surface area contributed by atoms with E-state index in [0.717, 1.165) is 0 Å². The minimum absolute atomic E-state index is 0.0293. The van der Waals surface area contributed by atoms with Gasteiger partial charge in [-0.3, -0.25) is 14.6 Å². The molecule has 164 valence electrons. The van der Waals surface area contributed by atoms with E-state index in [2.05, 4.69) is 9.97 Å². The van der Waals surface area contributed by atoms with E-state index >= 15 is 0 Å². The quantitative estimate of drug-likeness (QED) is 0.313. The van der Waals surface area contributed by atoms with Gasteiger partial charge < -0.3 is 24.6 Å². The molecule has 1 aliphatic rings. The van der Waals surface area contributed by atoms with Gasteiger partial charge in [0.2, 0.25) is 0 Å². The number of ether oxygens (including phenoxy) is 1. The van der Waals surface area contributed by atoms with Crippen molar-refractivity contribution < 1.29 is 24.2 Å². The number of rotatable bonds is 6. The van der Waals surface area contributed by atoms with Crippen LogP contribution in [0.2, 0.25) is 0 Å². The predicted molar refractivity (Wildman–Crippen MR) is 113 cm³/mol. The van der Waals surface area contributed by atoms with Gasteiger partial charge in [0.25, 0.3) is 11.7 Å². The van der Waals surface area contributed by atoms with Crippen LogP contribution in [0, 0.1) is 13.8 Å². The Balaban J connectivity index is 2.20. The Labute approximate surface area is 180 Å². The fourth-order valence-electron chi connectivity index (χ4n) is 3.85. The van der Waals surface area contributed by atoms with Crippen LogP contribution in [0.1, 0.15) is 38.9 Å². The fourth-order valence-corrected chi connectivity index (χ4v) is 3.85. The van der Waals surface area contributed by atoms with Gasteiger partial charge >= 0.3 is 5.97 Å². The molecule has 1 fully saturated rings. The molecule has 1 aliphatic heterocycles. The van der Waals surface area contributed by atoms with Crippen molar-refractivity contribution in [2.45, 2.75) is 19.9 Å². The maximum Gasteiger partial charge on any atom is 0.354 e. The van der Waals surface area contributed by atoms with E-state index in [1.807, 2.05) is 19.0 Å². The number of Topliss-reactive ketones (excluding diaryl/α,β-unsaturated/α-hetero) is 1. The normalized spacial score (nSPS) is 18.1. The van der Waals surface area contributed by atoms with Crippen molar-refractivity contribution in [1.82, 2.24) is 19.8 Å². The standard InChI is InChI=1S/C22H26N4O5/c1-12-15(13(2)24-17(12)22(30)31-5)19(27)16-18(14-7-6-8-23-11-14)26(10-9-25(3)4)21(29)20(16)28/h6-8,11,18,24,27H,9-10H2,1-5H3/t18-/m0/s1. The zero-order chi connectivity index (χ0) is 22.9. The summed E-state index contributed by atoms with van der Waals surface area (Å²) in [5.41, 5.74) is 1.99. The minimum atomic E-state index is -0.788. The first-order chi connectivity index (χ1) is 14.7. The number of likely N-dealkylation sites (tertiary alicyclic amines) is 1. The van der Waals surface area contributed by atoms with Crippen molar-refractivity contribution in [3.8, 4) is 0 Å². The topological polar surface area (TPSA) is 116 Å². The average molecular weight is 426 g/mol. The largest absolute Gasteiger partial charge is 0.507 e. The van der Waals surface area contributed by atoms with Gasteiger partial charge in [0.1, 0.15) is 11.5 Å². The Hall–Kier alpha value is -3.46. The van der Waals surface area contributed by atoms with Gasteiger partial charge in [0, 0.05) is 36.7 Å². The lowest BCUT2D eigenvalue weighted by atomic mass is 9.95. The number of pyridine rings is 1. The summed E-state index contributed by atoms with van der Waals surface area (Å²) in [4.78, 5) is 48.3. The Morgan fingerprint density at radius 3 is 2.61 bits per heavy atom. The molecule has 1 atom stereocenters. The number of ketones is 1. The highest BCUT2D eigenvalue weighted by Crippen LogP contribution is 2.40. The Bertz CT molecular complexity index is 1060. The summed E-state index contributed by atoms with van der Waals surface area (Å²) < 4.78 is 4.78. The highest BCUT2D eigenvalue weighted by atomic mass is 16.5. The number of aliphatic hydroxyl groups is 1. The number of carbonyl (C=O) groups excluding carboxylic acids is 3. The summed E-state index contributed by atoms with van der Waals surface area (Å²) in [5, 5.41) is 11.2. The number of nitrogens with one attached hydrogen (secondary N) is 1. The van der Waals surface area contributed by atoms with Crippen molar-refractivity contribution in [2.75, 3.05) is 34.3 Å². The first-order valence-corrected chi connectivity index (χ1v) is 9.79. The van der Waals surface area contributed by atoms with Crippen LogP contribution in [0.25, 0.3) is 5.76 Å². The third kappa shape index (κ3) is 3.96. The lowest BCUT2D eigenvalue weighted by molar-refractivity contribution is -0.140. The molecule has 1 saturated heterocycles. The van der Waals surface area contributed by atoms with Crippen LogP contribution < -0.4 is 0 Å². The summed E-state index contributed by atoms with van der Waals surface area (Å²) in [6, 6.07) is 2.68. The van der Waals surface area contributed by atoms with Crippen LogP contribution in [-0.4, -0.2) is 76.8 Å². The maximum atomic E-state index is 13.0. The zero-order valence-corrected chi connectivity index (χ0v) is 18.2. The number of aliphatic hydroxyl groups excluding tert-OH is 1. The predicted octanol–water partition coefficient (Wildman–Crippen LogP) is 1.80. The second-order valence-corrected chi connectivity index (χ2v) is 7.70. The molecule has 2 N–H and O–H groups in total. The first kappa shape index (κ1) is 22.2. The SMILES string of the molecule is COC(=O)c1[nH]c(C)c(C(O)=C2C(=O)C(=O)N(CCN(C)C)[C@H]2c2cccnc2)c1C. The van der Waals surface area contributed by atoms with Gasteiger partial charge in [-0.1, -0.05) is 6.07 Å². The highest BCUT2D eigenvalue weighted by Gasteiger charge is 2.46. The van der Waals surface area contributed by atoms with Crippen LogP contribution in [0.15, 0.2) is 30.1 Å². The number of esters is 1. The second-order valence-electron chi connectivity index (χ2n) is 7.70. The van der Waals surface area contributed by atoms with Crippen LogP contribution in [0.3, 0.4) is 0 Å². The molecule has 0 spiro atoms. The highest BCUT2D eigenvalue weighted by molar-refractivity contribution is 6.46. The number of amides is 1. The lowest BCUT2D eigenvalue weighted by Crippen LogP contribution is -2.35. The number of likely N-dealkylation sites (N-methyl/N-ethyl adjacent to an activating group) is 1. The Morgan fingerprint density at radius 2 is 2.03 bits per heavy atom. The molecule has 31 heavy (non-hydrogen) atoms. The van der Waals surface area contributed by atoms with Gasteiger partial charge in [-0.25, -0.2) is 4.79 Å². The monoisotopic (exact) mass is 426 g/mol. The summed E-state index contributed by atoms with van der Waals surface area (Å²) in [6.45, 7) is 4.16. The van der Waals surface area contributed by atoms with E-state index in [-0.39, 0.29) is 17.0 Å². The van der Waals surface area contributed by atoms with E-state index in [1.54, 1.807) is 38.4 Å². The summed E-state index contributed by atoms with van der Waals surface area (Å²) >= 11 is 0. The number of carbonyl (C=O) groups is 3. The molecule has 3 rings (SSSR count). The number of H-pyrrole nitrogens is 1. The third-order valence-corrected chi connectivity index (χ3v) is 5.39. The zero-order valence-electron chi connectivity index (χ0n) is 18.2. The number of aromatic nitrogens is 2. The van der Waals surface area contributed by atoms with Gasteiger partial charge in [0.05, 0.1) is 18.7 Å². The third-order valence-electron chi connectivity index (χ3n) is 5.39. The molecule has 0 bridgehead atoms. The maximum absolute atomic E-state index is 13.0. The van der Waals surface area contributed by atoms with E-state index in [1.165, 1.54) is 12.0 Å². The van der Waals surface area contributed by atoms with Crippen molar-refractivity contribution in [1.29, 1.82) is 0 Å². The smallest absolute Gasteiger partial charge is 0.354 e. The summed E-state index contributed by atoms with van der Waals surface area (Å²) in [5.74, 6) is -2.38. The van der Waals surface area contributed by atoms with Crippen LogP contribution in [0.4, 0.5) is 0 Å². The molecule has 2 aromatic rings. The van der Waals surface area contributed by atoms with Crippen molar-refractivity contribution in [3.63, 3.8) is 0 Å². The van der Waals surface area contributed by atoms with Gasteiger partial charge in [-0.05, 0) is 45.1 Å². The van der Waals surface area contributed by atoms with E-state index < -0.39 is 23.7 Å². The number of hydrogen-bond donors (Lipinski definition) is 2. The molecule has 0 radical (unpaired) electrons. The Kier molecular flexibility index (Phi) is 6.26. The molecule has 0 aromatic carbocycles. The minimum Gasteiger partial charge on any atom is -0.507 e.